The molecule has 1 aromatic carbocycles. The normalized spacial score (nSPS) is 19.3. The largest absolute Gasteiger partial charge is 0.480 e. The van der Waals surface area contributed by atoms with Crippen molar-refractivity contribution in [3.8, 4) is 0 Å². The molecule has 0 radical (unpaired) electrons. The number of halogens is 3. The van der Waals surface area contributed by atoms with Gasteiger partial charge in [-0.2, -0.15) is 13.2 Å². The predicted molar refractivity (Wildman–Crippen MR) is 93.5 cm³/mol. The fourth-order valence-electron chi connectivity index (χ4n) is 3.25. The minimum absolute atomic E-state index is 0.0150. The van der Waals surface area contributed by atoms with Crippen LogP contribution in [0.3, 0.4) is 0 Å². The second kappa shape index (κ2) is 8.16. The first-order valence-electron chi connectivity index (χ1n) is 8.72. The van der Waals surface area contributed by atoms with Crippen molar-refractivity contribution in [2.75, 3.05) is 26.9 Å². The molecule has 1 aliphatic heterocycles. The lowest BCUT2D eigenvalue weighted by molar-refractivity contribution is -0.150. The molecular formula is C19H26F3NO4. The number of carbonyl (C=O) groups is 1. The minimum Gasteiger partial charge on any atom is -0.480 e. The van der Waals surface area contributed by atoms with Crippen molar-refractivity contribution in [2.45, 2.75) is 51.6 Å². The zero-order chi connectivity index (χ0) is 20.4. The SMILES string of the molecule is COCc1cc(C(C)(C)C)c(C(F)(F)F)cc1CN1CCOC[C@H]1C(=O)O. The number of rotatable bonds is 5. The molecule has 0 aromatic heterocycles. The quantitative estimate of drug-likeness (QED) is 0.836. The summed E-state index contributed by atoms with van der Waals surface area (Å²) in [4.78, 5) is 13.1. The van der Waals surface area contributed by atoms with Crippen LogP contribution in [0.5, 0.6) is 0 Å². The van der Waals surface area contributed by atoms with Gasteiger partial charge in [-0.05, 0) is 28.2 Å². The van der Waals surface area contributed by atoms with Crippen molar-refractivity contribution in [3.05, 3.63) is 34.4 Å². The first-order chi connectivity index (χ1) is 12.4. The van der Waals surface area contributed by atoms with Gasteiger partial charge in [0.05, 0.1) is 25.4 Å². The third kappa shape index (κ3) is 5.21. The van der Waals surface area contributed by atoms with Gasteiger partial charge in [-0.25, -0.2) is 0 Å². The van der Waals surface area contributed by atoms with E-state index in [1.165, 1.54) is 13.2 Å². The van der Waals surface area contributed by atoms with E-state index in [0.717, 1.165) is 6.07 Å². The molecule has 152 valence electrons. The highest BCUT2D eigenvalue weighted by Crippen LogP contribution is 2.39. The molecule has 1 saturated heterocycles. The van der Waals surface area contributed by atoms with Crippen molar-refractivity contribution in [3.63, 3.8) is 0 Å². The van der Waals surface area contributed by atoms with E-state index in [9.17, 15) is 23.1 Å². The summed E-state index contributed by atoms with van der Waals surface area (Å²) < 4.78 is 51.5. The summed E-state index contributed by atoms with van der Waals surface area (Å²) >= 11 is 0. The van der Waals surface area contributed by atoms with E-state index in [0.29, 0.717) is 24.3 Å². The summed E-state index contributed by atoms with van der Waals surface area (Å²) in [6.45, 7) is 6.14. The molecule has 0 unspecified atom stereocenters. The number of nitrogens with zero attached hydrogens (tertiary/aromatic N) is 1. The van der Waals surface area contributed by atoms with Crippen LogP contribution in [-0.4, -0.2) is 48.9 Å². The van der Waals surface area contributed by atoms with Gasteiger partial charge >= 0.3 is 12.1 Å². The van der Waals surface area contributed by atoms with Crippen LogP contribution in [-0.2, 0) is 39.0 Å². The van der Waals surface area contributed by atoms with Crippen LogP contribution < -0.4 is 0 Å². The lowest BCUT2D eigenvalue weighted by Crippen LogP contribution is -2.49. The average Bonchev–Trinajstić information content (AvgIpc) is 2.54. The van der Waals surface area contributed by atoms with Crippen molar-refractivity contribution >= 4 is 5.97 Å². The Morgan fingerprint density at radius 3 is 2.41 bits per heavy atom. The monoisotopic (exact) mass is 389 g/mol. The number of morpholine rings is 1. The first kappa shape index (κ1) is 21.7. The van der Waals surface area contributed by atoms with Gasteiger partial charge in [0.25, 0.3) is 0 Å². The maximum Gasteiger partial charge on any atom is 0.416 e. The van der Waals surface area contributed by atoms with E-state index in [2.05, 4.69) is 0 Å². The van der Waals surface area contributed by atoms with E-state index in [4.69, 9.17) is 9.47 Å². The third-order valence-corrected chi connectivity index (χ3v) is 4.65. The molecule has 1 fully saturated rings. The summed E-state index contributed by atoms with van der Waals surface area (Å²) in [6.07, 6.45) is -4.50. The number of benzene rings is 1. The standard InChI is InChI=1S/C19H26F3NO4/c1-18(2,3)14-8-13(10-26-4)12(7-15(14)19(20,21)22)9-23-5-6-27-11-16(23)17(24)25/h7-8,16H,5-6,9-11H2,1-4H3,(H,24,25)/t16-/m0/s1. The highest BCUT2D eigenvalue weighted by atomic mass is 19.4. The summed E-state index contributed by atoms with van der Waals surface area (Å²) in [5, 5.41) is 9.37. The van der Waals surface area contributed by atoms with Crippen LogP contribution in [0, 0.1) is 0 Å². The fraction of sp³-hybridized carbons (Fsp3) is 0.632. The van der Waals surface area contributed by atoms with Crippen molar-refractivity contribution < 1.29 is 32.5 Å². The molecule has 1 N–H and O–H groups in total. The molecule has 0 bridgehead atoms. The Labute approximate surface area is 157 Å². The lowest BCUT2D eigenvalue weighted by atomic mass is 9.81. The number of aliphatic carboxylic acids is 1. The van der Waals surface area contributed by atoms with Crippen LogP contribution in [0.4, 0.5) is 13.2 Å². The van der Waals surface area contributed by atoms with E-state index in [-0.39, 0.29) is 25.3 Å². The number of ether oxygens (including phenoxy) is 2. The number of carboxylic acid groups (broad SMARTS) is 1. The molecule has 1 aromatic rings. The van der Waals surface area contributed by atoms with Gasteiger partial charge in [0, 0.05) is 20.2 Å². The molecule has 1 aliphatic rings. The molecule has 5 nitrogen and oxygen atoms in total. The molecule has 1 heterocycles. The lowest BCUT2D eigenvalue weighted by Gasteiger charge is -2.34. The summed E-state index contributed by atoms with van der Waals surface area (Å²) in [5.41, 5.74) is -0.141. The number of alkyl halides is 3. The number of hydrogen-bond donors (Lipinski definition) is 1. The zero-order valence-electron chi connectivity index (χ0n) is 16.0. The molecular weight excluding hydrogens is 363 g/mol. The predicted octanol–water partition coefficient (Wildman–Crippen LogP) is 3.43. The van der Waals surface area contributed by atoms with Gasteiger partial charge in [0.2, 0.25) is 0 Å². The van der Waals surface area contributed by atoms with Gasteiger partial charge in [-0.3, -0.25) is 9.69 Å². The highest BCUT2D eigenvalue weighted by Gasteiger charge is 2.38. The molecule has 0 amide bonds. The second-order valence-electron chi connectivity index (χ2n) is 7.75. The van der Waals surface area contributed by atoms with Crippen molar-refractivity contribution in [1.29, 1.82) is 0 Å². The van der Waals surface area contributed by atoms with Crippen LogP contribution in [0.15, 0.2) is 12.1 Å². The molecule has 0 saturated carbocycles. The van der Waals surface area contributed by atoms with E-state index < -0.39 is 29.2 Å². The van der Waals surface area contributed by atoms with Crippen molar-refractivity contribution in [1.82, 2.24) is 4.90 Å². The zero-order valence-corrected chi connectivity index (χ0v) is 16.0. The van der Waals surface area contributed by atoms with Gasteiger partial charge in [0.15, 0.2) is 0 Å². The van der Waals surface area contributed by atoms with E-state index in [1.807, 2.05) is 0 Å². The van der Waals surface area contributed by atoms with E-state index >= 15 is 0 Å². The minimum atomic E-state index is -4.50. The summed E-state index contributed by atoms with van der Waals surface area (Å²) in [5.74, 6) is -1.05. The van der Waals surface area contributed by atoms with Gasteiger partial charge in [-0.1, -0.05) is 26.8 Å². The van der Waals surface area contributed by atoms with Gasteiger partial charge in [0.1, 0.15) is 6.04 Å². The summed E-state index contributed by atoms with van der Waals surface area (Å²) in [7, 11) is 1.48. The summed E-state index contributed by atoms with van der Waals surface area (Å²) in [6, 6.07) is 1.80. The maximum absolute atomic E-state index is 13.7. The molecule has 1 atom stereocenters. The first-order valence-corrected chi connectivity index (χ1v) is 8.72. The molecule has 2 rings (SSSR count). The molecule has 27 heavy (non-hydrogen) atoms. The van der Waals surface area contributed by atoms with Crippen molar-refractivity contribution in [2.24, 2.45) is 0 Å². The number of carboxylic acids is 1. The van der Waals surface area contributed by atoms with E-state index in [1.54, 1.807) is 25.7 Å². The highest BCUT2D eigenvalue weighted by molar-refractivity contribution is 5.73. The van der Waals surface area contributed by atoms with Gasteiger partial charge < -0.3 is 14.6 Å². The Morgan fingerprint density at radius 2 is 1.89 bits per heavy atom. The number of methoxy groups -OCH3 is 1. The fourth-order valence-corrected chi connectivity index (χ4v) is 3.25. The van der Waals surface area contributed by atoms with Crippen LogP contribution in [0.2, 0.25) is 0 Å². The molecule has 0 spiro atoms. The average molecular weight is 389 g/mol. The van der Waals surface area contributed by atoms with Crippen LogP contribution in [0.25, 0.3) is 0 Å². The topological polar surface area (TPSA) is 59.0 Å². The van der Waals surface area contributed by atoms with Gasteiger partial charge in [-0.15, -0.1) is 0 Å². The molecule has 8 heteroatoms. The van der Waals surface area contributed by atoms with Crippen LogP contribution in [0.1, 0.15) is 43.0 Å². The Balaban J connectivity index is 2.52. The molecule has 0 aliphatic carbocycles. The Bertz CT molecular complexity index is 683. The number of hydrogen-bond acceptors (Lipinski definition) is 4. The Hall–Kier alpha value is -1.64. The van der Waals surface area contributed by atoms with Crippen LogP contribution >= 0.6 is 0 Å². The smallest absolute Gasteiger partial charge is 0.416 e. The Kier molecular flexibility index (Phi) is 6.55. The second-order valence-corrected chi connectivity index (χ2v) is 7.75. The Morgan fingerprint density at radius 1 is 1.26 bits per heavy atom. The third-order valence-electron chi connectivity index (χ3n) is 4.65. The maximum atomic E-state index is 13.7.